The fourth-order valence-corrected chi connectivity index (χ4v) is 7.54. The maximum Gasteiger partial charge on any atom is 0.472 e. The van der Waals surface area contributed by atoms with Crippen LogP contribution in [-0.4, -0.2) is 65.7 Å². The molecule has 338 valence electrons. The summed E-state index contributed by atoms with van der Waals surface area (Å²) in [4.78, 5) is 35.1. The summed E-state index contributed by atoms with van der Waals surface area (Å²) in [5, 5.41) is 18.4. The minimum Gasteiger partial charge on any atom is -0.462 e. The lowest BCUT2D eigenvalue weighted by molar-refractivity contribution is -0.161. The van der Waals surface area contributed by atoms with Gasteiger partial charge in [-0.2, -0.15) is 0 Å². The molecule has 57 heavy (non-hydrogen) atoms. The van der Waals surface area contributed by atoms with Crippen molar-refractivity contribution < 1.29 is 47.8 Å². The minimum atomic E-state index is -4.61. The molecule has 0 fully saturated rings. The number of unbranched alkanes of at least 4 members (excludes halogenated alkanes) is 29. The highest BCUT2D eigenvalue weighted by Gasteiger charge is 2.27. The van der Waals surface area contributed by atoms with Crippen molar-refractivity contribution in [1.29, 1.82) is 0 Å². The van der Waals surface area contributed by atoms with Crippen molar-refractivity contribution >= 4 is 19.8 Å². The Hall–Kier alpha value is -1.29. The fraction of sp³-hybridized carbons (Fsp3) is 0.913. The van der Waals surface area contributed by atoms with Gasteiger partial charge in [0, 0.05) is 12.8 Å². The van der Waals surface area contributed by atoms with Crippen molar-refractivity contribution in [1.82, 2.24) is 0 Å². The first kappa shape index (κ1) is 55.7. The summed E-state index contributed by atoms with van der Waals surface area (Å²) in [6.07, 6.45) is 41.7. The highest BCUT2D eigenvalue weighted by atomic mass is 31.2. The molecule has 0 aromatic heterocycles. The standard InChI is InChI=1S/C46H89O10P/c1-3-5-7-9-11-13-15-17-19-20-21-22-24-26-28-30-32-34-36-38-46(50)56-44(42-55-57(51,52)54-40-43(48)39-47)41-53-45(49)37-35-33-31-29-27-25-23-18-16-14-12-10-8-6-4-2/h20-21,43-44,47-48H,3-19,22-42H2,1-2H3,(H,51,52)/b21-20-/t43-,44+/m0/s1. The molecule has 0 saturated carbocycles. The lowest BCUT2D eigenvalue weighted by Crippen LogP contribution is -2.29. The predicted molar refractivity (Wildman–Crippen MR) is 233 cm³/mol. The Morgan fingerprint density at radius 1 is 0.509 bits per heavy atom. The van der Waals surface area contributed by atoms with Gasteiger partial charge in [0.1, 0.15) is 12.7 Å². The van der Waals surface area contributed by atoms with Gasteiger partial charge in [0.15, 0.2) is 6.10 Å². The van der Waals surface area contributed by atoms with Gasteiger partial charge in [-0.15, -0.1) is 0 Å². The average molecular weight is 833 g/mol. The van der Waals surface area contributed by atoms with Crippen molar-refractivity contribution in [3.63, 3.8) is 0 Å². The van der Waals surface area contributed by atoms with E-state index in [1.54, 1.807) is 0 Å². The van der Waals surface area contributed by atoms with Crippen LogP contribution in [0.2, 0.25) is 0 Å². The molecule has 0 amide bonds. The van der Waals surface area contributed by atoms with Crippen LogP contribution in [0.25, 0.3) is 0 Å². The van der Waals surface area contributed by atoms with E-state index in [1.807, 2.05) is 0 Å². The third-order valence-corrected chi connectivity index (χ3v) is 11.4. The van der Waals surface area contributed by atoms with Crippen LogP contribution in [0, 0.1) is 0 Å². The van der Waals surface area contributed by atoms with Crippen molar-refractivity contribution in [2.45, 2.75) is 244 Å². The summed E-state index contributed by atoms with van der Waals surface area (Å²) >= 11 is 0. The SMILES string of the molecule is CCCCCCCCCC/C=C\CCCCCCCCCC(=O)O[C@H](COC(=O)CCCCCCCCCCCCCCCCC)COP(=O)(O)OC[C@@H](O)CO. The van der Waals surface area contributed by atoms with E-state index >= 15 is 0 Å². The second-order valence-electron chi connectivity index (χ2n) is 16.1. The lowest BCUT2D eigenvalue weighted by Gasteiger charge is -2.20. The van der Waals surface area contributed by atoms with E-state index in [4.69, 9.17) is 23.6 Å². The van der Waals surface area contributed by atoms with Crippen LogP contribution in [0.4, 0.5) is 0 Å². The van der Waals surface area contributed by atoms with E-state index in [1.165, 1.54) is 148 Å². The van der Waals surface area contributed by atoms with Gasteiger partial charge in [-0.05, 0) is 38.5 Å². The molecule has 0 aliphatic rings. The van der Waals surface area contributed by atoms with Crippen LogP contribution < -0.4 is 0 Å². The molecule has 0 aliphatic heterocycles. The van der Waals surface area contributed by atoms with Gasteiger partial charge in [-0.3, -0.25) is 18.6 Å². The topological polar surface area (TPSA) is 149 Å². The first-order valence-corrected chi connectivity index (χ1v) is 25.1. The number of aliphatic hydroxyl groups excluding tert-OH is 2. The zero-order valence-corrected chi connectivity index (χ0v) is 37.7. The summed E-state index contributed by atoms with van der Waals surface area (Å²) in [5.74, 6) is -0.916. The molecule has 0 aromatic carbocycles. The van der Waals surface area contributed by atoms with Crippen molar-refractivity contribution in [2.75, 3.05) is 26.4 Å². The van der Waals surface area contributed by atoms with Crippen molar-refractivity contribution in [3.05, 3.63) is 12.2 Å². The first-order chi connectivity index (χ1) is 27.7. The van der Waals surface area contributed by atoms with Crippen molar-refractivity contribution in [2.24, 2.45) is 0 Å². The van der Waals surface area contributed by atoms with Gasteiger partial charge in [0.05, 0.1) is 19.8 Å². The first-order valence-electron chi connectivity index (χ1n) is 23.6. The smallest absolute Gasteiger partial charge is 0.462 e. The zero-order valence-electron chi connectivity index (χ0n) is 36.8. The molecule has 0 heterocycles. The minimum absolute atomic E-state index is 0.184. The van der Waals surface area contributed by atoms with E-state index in [0.717, 1.165) is 44.9 Å². The molecule has 11 heteroatoms. The highest BCUT2D eigenvalue weighted by molar-refractivity contribution is 7.47. The van der Waals surface area contributed by atoms with Gasteiger partial charge >= 0.3 is 19.8 Å². The Bertz CT molecular complexity index is 961. The maximum absolute atomic E-state index is 12.6. The molecule has 0 rings (SSSR count). The molecule has 0 bridgehead atoms. The Morgan fingerprint density at radius 2 is 0.860 bits per heavy atom. The Balaban J connectivity index is 4.21. The molecule has 3 atom stereocenters. The number of hydrogen-bond donors (Lipinski definition) is 3. The van der Waals surface area contributed by atoms with Crippen LogP contribution in [0.5, 0.6) is 0 Å². The number of aliphatic hydroxyl groups is 2. The number of phosphoric acid groups is 1. The van der Waals surface area contributed by atoms with Gasteiger partial charge < -0.3 is 24.6 Å². The molecule has 10 nitrogen and oxygen atoms in total. The van der Waals surface area contributed by atoms with Crippen LogP contribution in [0.3, 0.4) is 0 Å². The van der Waals surface area contributed by atoms with Crippen LogP contribution >= 0.6 is 7.82 Å². The van der Waals surface area contributed by atoms with Gasteiger partial charge in [0.2, 0.25) is 0 Å². The van der Waals surface area contributed by atoms with E-state index in [9.17, 15) is 24.2 Å². The number of rotatable bonds is 45. The number of allylic oxidation sites excluding steroid dienone is 2. The monoisotopic (exact) mass is 833 g/mol. The molecule has 0 spiro atoms. The molecular formula is C46H89O10P. The Kier molecular flexibility index (Phi) is 41.9. The normalized spacial score (nSPS) is 13.8. The second-order valence-corrected chi connectivity index (χ2v) is 17.6. The average Bonchev–Trinajstić information content (AvgIpc) is 3.20. The van der Waals surface area contributed by atoms with Crippen molar-refractivity contribution in [3.8, 4) is 0 Å². The largest absolute Gasteiger partial charge is 0.472 e. The Labute approximate surface area is 349 Å². The van der Waals surface area contributed by atoms with Gasteiger partial charge in [-0.25, -0.2) is 4.57 Å². The molecule has 0 saturated heterocycles. The quantitative estimate of drug-likeness (QED) is 0.0234. The maximum atomic E-state index is 12.6. The second kappa shape index (κ2) is 42.8. The summed E-state index contributed by atoms with van der Waals surface area (Å²) in [6.45, 7) is 2.42. The zero-order chi connectivity index (χ0) is 41.9. The molecular weight excluding hydrogens is 743 g/mol. The van der Waals surface area contributed by atoms with Crippen LogP contribution in [0.15, 0.2) is 12.2 Å². The number of carbonyl (C=O) groups is 2. The number of phosphoric ester groups is 1. The molecule has 3 N–H and O–H groups in total. The molecule has 0 aromatic rings. The van der Waals surface area contributed by atoms with E-state index in [2.05, 4.69) is 26.0 Å². The predicted octanol–water partition coefficient (Wildman–Crippen LogP) is 12.8. The van der Waals surface area contributed by atoms with Gasteiger partial charge in [0.25, 0.3) is 0 Å². The number of hydrogen-bond acceptors (Lipinski definition) is 9. The summed E-state index contributed by atoms with van der Waals surface area (Å²) in [5.41, 5.74) is 0. The van der Waals surface area contributed by atoms with Crippen LogP contribution in [0.1, 0.15) is 232 Å². The molecule has 1 unspecified atom stereocenters. The lowest BCUT2D eigenvalue weighted by atomic mass is 10.0. The Morgan fingerprint density at radius 3 is 1.26 bits per heavy atom. The third kappa shape index (κ3) is 42.6. The van der Waals surface area contributed by atoms with E-state index < -0.39 is 51.8 Å². The van der Waals surface area contributed by atoms with E-state index in [-0.39, 0.29) is 19.4 Å². The summed E-state index contributed by atoms with van der Waals surface area (Å²) in [7, 11) is -4.61. The molecule has 0 radical (unpaired) electrons. The molecule has 0 aliphatic carbocycles. The third-order valence-electron chi connectivity index (χ3n) is 10.4. The number of ether oxygens (including phenoxy) is 2. The summed E-state index contributed by atoms with van der Waals surface area (Å²) in [6, 6.07) is 0. The fourth-order valence-electron chi connectivity index (χ4n) is 6.75. The van der Waals surface area contributed by atoms with E-state index in [0.29, 0.717) is 12.8 Å². The summed E-state index contributed by atoms with van der Waals surface area (Å²) < 4.78 is 32.8. The number of esters is 2. The van der Waals surface area contributed by atoms with Crippen LogP contribution in [-0.2, 0) is 32.7 Å². The number of carbonyl (C=O) groups excluding carboxylic acids is 2. The highest BCUT2D eigenvalue weighted by Crippen LogP contribution is 2.43. The van der Waals surface area contributed by atoms with Gasteiger partial charge in [-0.1, -0.05) is 193 Å².